The molecule has 2 aromatic heterocycles. The van der Waals surface area contributed by atoms with Gasteiger partial charge < -0.3 is 5.32 Å². The highest BCUT2D eigenvalue weighted by atomic mass is 15.3. The van der Waals surface area contributed by atoms with E-state index in [1.165, 1.54) is 5.56 Å². The van der Waals surface area contributed by atoms with Gasteiger partial charge in [-0.15, -0.1) is 0 Å². The van der Waals surface area contributed by atoms with Gasteiger partial charge in [0.2, 0.25) is 0 Å². The van der Waals surface area contributed by atoms with E-state index in [0.29, 0.717) is 12.1 Å². The van der Waals surface area contributed by atoms with Crippen molar-refractivity contribution in [2.45, 2.75) is 39.4 Å². The molecule has 0 saturated heterocycles. The summed E-state index contributed by atoms with van der Waals surface area (Å²) in [5.74, 6) is 0. The van der Waals surface area contributed by atoms with Gasteiger partial charge in [0.05, 0.1) is 12.2 Å². The van der Waals surface area contributed by atoms with Crippen LogP contribution in [0.4, 0.5) is 0 Å². The molecule has 2 atom stereocenters. The Morgan fingerprint density at radius 3 is 2.72 bits per heavy atom. The summed E-state index contributed by atoms with van der Waals surface area (Å²) in [7, 11) is 1.95. The molecule has 5 heteroatoms. The third-order valence-corrected chi connectivity index (χ3v) is 3.07. The highest BCUT2D eigenvalue weighted by Gasteiger charge is 2.14. The molecule has 0 radical (unpaired) electrons. The minimum atomic E-state index is 0.296. The Balaban J connectivity index is 1.94. The predicted octanol–water partition coefficient (Wildman–Crippen LogP) is 1.66. The summed E-state index contributed by atoms with van der Waals surface area (Å²) in [4.78, 5) is 0. The average molecular weight is 247 g/mol. The Bertz CT molecular complexity index is 485. The molecule has 18 heavy (non-hydrogen) atoms. The molecule has 0 aliphatic heterocycles. The van der Waals surface area contributed by atoms with Crippen molar-refractivity contribution in [1.29, 1.82) is 0 Å². The first-order valence-corrected chi connectivity index (χ1v) is 6.30. The van der Waals surface area contributed by atoms with Crippen molar-refractivity contribution in [1.82, 2.24) is 24.9 Å². The third kappa shape index (κ3) is 2.98. The van der Waals surface area contributed by atoms with Crippen molar-refractivity contribution in [3.63, 3.8) is 0 Å². The molecule has 0 aliphatic carbocycles. The average Bonchev–Trinajstić information content (AvgIpc) is 2.88. The maximum absolute atomic E-state index is 4.37. The van der Waals surface area contributed by atoms with Gasteiger partial charge in [0.1, 0.15) is 0 Å². The minimum absolute atomic E-state index is 0.296. The molecule has 1 N–H and O–H groups in total. The summed E-state index contributed by atoms with van der Waals surface area (Å²) in [5.41, 5.74) is 2.34. The highest BCUT2D eigenvalue weighted by molar-refractivity contribution is 5.19. The molecule has 0 amide bonds. The Labute approximate surface area is 108 Å². The fraction of sp³-hybridized carbons (Fsp3) is 0.538. The molecule has 0 bridgehead atoms. The Kier molecular flexibility index (Phi) is 3.81. The van der Waals surface area contributed by atoms with Crippen molar-refractivity contribution in [3.05, 3.63) is 35.9 Å². The van der Waals surface area contributed by atoms with Crippen LogP contribution in [-0.2, 0) is 13.6 Å². The molecule has 0 aromatic carbocycles. The number of aryl methyl sites for hydroxylation is 2. The molecule has 98 valence electrons. The lowest BCUT2D eigenvalue weighted by atomic mass is 10.1. The summed E-state index contributed by atoms with van der Waals surface area (Å²) < 4.78 is 3.81. The molecule has 0 aliphatic rings. The van der Waals surface area contributed by atoms with Gasteiger partial charge in [-0.1, -0.05) is 0 Å². The first-order valence-electron chi connectivity index (χ1n) is 6.30. The molecule has 5 nitrogen and oxygen atoms in total. The number of hydrogen-bond acceptors (Lipinski definition) is 3. The van der Waals surface area contributed by atoms with Crippen LogP contribution in [0.15, 0.2) is 24.7 Å². The fourth-order valence-electron chi connectivity index (χ4n) is 2.30. The lowest BCUT2D eigenvalue weighted by Gasteiger charge is -2.19. The molecule has 2 rings (SSSR count). The lowest BCUT2D eigenvalue weighted by Crippen LogP contribution is -2.32. The summed E-state index contributed by atoms with van der Waals surface area (Å²) in [5, 5.41) is 12.2. The fourth-order valence-corrected chi connectivity index (χ4v) is 2.30. The zero-order valence-corrected chi connectivity index (χ0v) is 11.5. The Morgan fingerprint density at radius 1 is 1.39 bits per heavy atom. The second kappa shape index (κ2) is 5.35. The van der Waals surface area contributed by atoms with Crippen molar-refractivity contribution in [2.24, 2.45) is 7.05 Å². The Hall–Kier alpha value is -1.62. The van der Waals surface area contributed by atoms with Crippen molar-refractivity contribution in [2.75, 3.05) is 0 Å². The smallest absolute Gasteiger partial charge is 0.0641 e. The number of aromatic nitrogens is 4. The van der Waals surface area contributed by atoms with Crippen LogP contribution in [0, 0.1) is 6.92 Å². The molecule has 2 unspecified atom stereocenters. The normalized spacial score (nSPS) is 14.7. The minimum Gasteiger partial charge on any atom is -0.306 e. The van der Waals surface area contributed by atoms with E-state index in [0.717, 1.165) is 12.2 Å². The van der Waals surface area contributed by atoms with E-state index in [4.69, 9.17) is 0 Å². The zero-order chi connectivity index (χ0) is 13.1. The number of nitrogens with zero attached hydrogens (tertiary/aromatic N) is 4. The largest absolute Gasteiger partial charge is 0.306 e. The monoisotopic (exact) mass is 247 g/mol. The van der Waals surface area contributed by atoms with Crippen LogP contribution in [0.1, 0.15) is 31.1 Å². The Morgan fingerprint density at radius 2 is 2.17 bits per heavy atom. The van der Waals surface area contributed by atoms with Crippen LogP contribution in [-0.4, -0.2) is 25.6 Å². The van der Waals surface area contributed by atoms with Crippen molar-refractivity contribution in [3.8, 4) is 0 Å². The van der Waals surface area contributed by atoms with Crippen LogP contribution in [0.2, 0.25) is 0 Å². The summed E-state index contributed by atoms with van der Waals surface area (Å²) >= 11 is 0. The third-order valence-electron chi connectivity index (χ3n) is 3.07. The van der Waals surface area contributed by atoms with Gasteiger partial charge in [0.15, 0.2) is 0 Å². The van der Waals surface area contributed by atoms with E-state index >= 15 is 0 Å². The van der Waals surface area contributed by atoms with E-state index in [1.807, 2.05) is 35.6 Å². The van der Waals surface area contributed by atoms with Crippen LogP contribution in [0.3, 0.4) is 0 Å². The van der Waals surface area contributed by atoms with Crippen molar-refractivity contribution < 1.29 is 0 Å². The lowest BCUT2D eigenvalue weighted by molar-refractivity contribution is 0.412. The standard InChI is InChI=1S/C13H21N5/c1-10(8-18-7-5-6-14-18)15-11(2)13-9-17(4)16-12(13)3/h5-7,9-11,15H,8H2,1-4H3. The van der Waals surface area contributed by atoms with Gasteiger partial charge in [-0.25, -0.2) is 0 Å². The molecule has 0 fully saturated rings. The maximum atomic E-state index is 4.37. The molecule has 0 spiro atoms. The maximum Gasteiger partial charge on any atom is 0.0641 e. The molecule has 2 heterocycles. The van der Waals surface area contributed by atoms with E-state index in [1.54, 1.807) is 6.20 Å². The highest BCUT2D eigenvalue weighted by Crippen LogP contribution is 2.16. The van der Waals surface area contributed by atoms with Gasteiger partial charge >= 0.3 is 0 Å². The van der Waals surface area contributed by atoms with Gasteiger partial charge in [-0.2, -0.15) is 10.2 Å². The van der Waals surface area contributed by atoms with E-state index < -0.39 is 0 Å². The second-order valence-corrected chi connectivity index (χ2v) is 4.86. The van der Waals surface area contributed by atoms with Crippen molar-refractivity contribution >= 4 is 0 Å². The molecule has 2 aromatic rings. The summed E-state index contributed by atoms with van der Waals surface area (Å²) in [6.07, 6.45) is 5.87. The number of rotatable bonds is 5. The van der Waals surface area contributed by atoms with Gasteiger partial charge in [-0.05, 0) is 26.8 Å². The SMILES string of the molecule is Cc1nn(C)cc1C(C)NC(C)Cn1cccn1. The van der Waals surface area contributed by atoms with Crippen LogP contribution in [0.25, 0.3) is 0 Å². The molecular formula is C13H21N5. The molecular weight excluding hydrogens is 226 g/mol. The number of hydrogen-bond donors (Lipinski definition) is 1. The van der Waals surface area contributed by atoms with Gasteiger partial charge in [0.25, 0.3) is 0 Å². The first-order chi connectivity index (χ1) is 8.56. The second-order valence-electron chi connectivity index (χ2n) is 4.86. The quantitative estimate of drug-likeness (QED) is 0.874. The number of nitrogens with one attached hydrogen (secondary N) is 1. The zero-order valence-electron chi connectivity index (χ0n) is 11.5. The van der Waals surface area contributed by atoms with Gasteiger partial charge in [-0.3, -0.25) is 9.36 Å². The predicted molar refractivity (Wildman–Crippen MR) is 71.2 cm³/mol. The van der Waals surface area contributed by atoms with Crippen LogP contribution < -0.4 is 5.32 Å². The molecule has 0 saturated carbocycles. The summed E-state index contributed by atoms with van der Waals surface area (Å²) in [6, 6.07) is 2.60. The van der Waals surface area contributed by atoms with Crippen LogP contribution >= 0.6 is 0 Å². The van der Waals surface area contributed by atoms with E-state index in [-0.39, 0.29) is 0 Å². The van der Waals surface area contributed by atoms with Gasteiger partial charge in [0, 0.05) is 43.3 Å². The summed E-state index contributed by atoms with van der Waals surface area (Å²) in [6.45, 7) is 7.26. The first kappa shape index (κ1) is 12.8. The van der Waals surface area contributed by atoms with Crippen LogP contribution in [0.5, 0.6) is 0 Å². The topological polar surface area (TPSA) is 47.7 Å². The van der Waals surface area contributed by atoms with E-state index in [2.05, 4.69) is 35.6 Å². The van der Waals surface area contributed by atoms with E-state index in [9.17, 15) is 0 Å².